The van der Waals surface area contributed by atoms with E-state index in [9.17, 15) is 14.9 Å². The number of methoxy groups -OCH3 is 1. The van der Waals surface area contributed by atoms with Crippen molar-refractivity contribution in [2.45, 2.75) is 31.7 Å². The second kappa shape index (κ2) is 6.38. The lowest BCUT2D eigenvalue weighted by Gasteiger charge is -2.28. The van der Waals surface area contributed by atoms with Gasteiger partial charge in [-0.15, -0.1) is 0 Å². The molecule has 114 valence electrons. The van der Waals surface area contributed by atoms with Crippen LogP contribution in [0.5, 0.6) is 5.88 Å². The Kier molecular flexibility index (Phi) is 4.56. The smallest absolute Gasteiger partial charge is 0.323 e. The molecule has 8 nitrogen and oxygen atoms in total. The van der Waals surface area contributed by atoms with E-state index in [1.165, 1.54) is 24.1 Å². The average molecular weight is 295 g/mol. The van der Waals surface area contributed by atoms with E-state index in [-0.39, 0.29) is 30.0 Å². The average Bonchev–Trinajstić information content (AvgIpc) is 2.97. The molecule has 1 aliphatic carbocycles. The molecule has 2 rings (SSSR count). The number of carboxylic acids is 1. The van der Waals surface area contributed by atoms with Gasteiger partial charge in [0.1, 0.15) is 6.54 Å². The fourth-order valence-corrected chi connectivity index (χ4v) is 2.63. The number of hydrogen-bond acceptors (Lipinski definition) is 6. The zero-order chi connectivity index (χ0) is 15.4. The van der Waals surface area contributed by atoms with Crippen molar-refractivity contribution in [3.63, 3.8) is 0 Å². The van der Waals surface area contributed by atoms with Crippen LogP contribution in [0.1, 0.15) is 25.7 Å². The van der Waals surface area contributed by atoms with Crippen LogP contribution >= 0.6 is 0 Å². The lowest BCUT2D eigenvalue weighted by Crippen LogP contribution is -2.38. The number of carbonyl (C=O) groups is 1. The van der Waals surface area contributed by atoms with E-state index < -0.39 is 10.9 Å². The second-order valence-corrected chi connectivity index (χ2v) is 4.91. The summed E-state index contributed by atoms with van der Waals surface area (Å²) in [7, 11) is 1.41. The number of anilines is 1. The number of nitro groups is 1. The largest absolute Gasteiger partial charge is 0.481 e. The zero-order valence-corrected chi connectivity index (χ0v) is 11.7. The third-order valence-corrected chi connectivity index (χ3v) is 3.58. The summed E-state index contributed by atoms with van der Waals surface area (Å²) in [5.74, 6) is -0.751. The molecule has 0 atom stereocenters. The molecular formula is C13H17N3O5. The zero-order valence-electron chi connectivity index (χ0n) is 11.7. The summed E-state index contributed by atoms with van der Waals surface area (Å²) in [6.07, 6.45) is 3.59. The molecule has 0 aliphatic heterocycles. The van der Waals surface area contributed by atoms with E-state index in [0.717, 1.165) is 25.7 Å². The van der Waals surface area contributed by atoms with Gasteiger partial charge in [-0.25, -0.2) is 0 Å². The molecule has 21 heavy (non-hydrogen) atoms. The van der Waals surface area contributed by atoms with Crippen LogP contribution in [0.15, 0.2) is 12.1 Å². The standard InChI is InChI=1S/C13H17N3O5/c1-21-11-7-6-10(16(19)20)13(14-11)15(8-12(17)18)9-4-2-3-5-9/h6-7,9H,2-5,8H2,1H3,(H,17,18). The first-order valence-corrected chi connectivity index (χ1v) is 6.70. The first kappa shape index (κ1) is 15.0. The van der Waals surface area contributed by atoms with E-state index in [0.29, 0.717) is 0 Å². The summed E-state index contributed by atoms with van der Waals surface area (Å²) in [4.78, 5) is 27.4. The molecular weight excluding hydrogens is 278 g/mol. The Bertz CT molecular complexity index is 543. The lowest BCUT2D eigenvalue weighted by atomic mass is 10.2. The van der Waals surface area contributed by atoms with Crippen LogP contribution in [-0.4, -0.2) is 40.7 Å². The highest BCUT2D eigenvalue weighted by molar-refractivity contribution is 5.75. The fraction of sp³-hybridized carbons (Fsp3) is 0.538. The molecule has 0 spiro atoms. The number of nitrogens with zero attached hydrogens (tertiary/aromatic N) is 3. The van der Waals surface area contributed by atoms with Gasteiger partial charge in [0, 0.05) is 18.2 Å². The van der Waals surface area contributed by atoms with E-state index >= 15 is 0 Å². The topological polar surface area (TPSA) is 106 Å². The SMILES string of the molecule is COc1ccc([N+](=O)[O-])c(N(CC(=O)O)C2CCCC2)n1. The van der Waals surface area contributed by atoms with Crippen LogP contribution in [-0.2, 0) is 4.79 Å². The first-order chi connectivity index (χ1) is 10.0. The molecule has 1 saturated carbocycles. The summed E-state index contributed by atoms with van der Waals surface area (Å²) < 4.78 is 5.00. The number of hydrogen-bond donors (Lipinski definition) is 1. The Hall–Kier alpha value is -2.38. The van der Waals surface area contributed by atoms with Crippen LogP contribution in [0.3, 0.4) is 0 Å². The Labute approximate surface area is 121 Å². The maximum Gasteiger partial charge on any atom is 0.323 e. The maximum absolute atomic E-state index is 11.2. The Balaban J connectivity index is 2.45. The Morgan fingerprint density at radius 3 is 2.71 bits per heavy atom. The number of ether oxygens (including phenoxy) is 1. The van der Waals surface area contributed by atoms with Crippen molar-refractivity contribution in [2.24, 2.45) is 0 Å². The van der Waals surface area contributed by atoms with Crippen molar-refractivity contribution >= 4 is 17.5 Å². The minimum absolute atomic E-state index is 0.0422. The first-order valence-electron chi connectivity index (χ1n) is 6.70. The normalized spacial score (nSPS) is 14.9. The number of pyridine rings is 1. The molecule has 1 aliphatic rings. The number of carboxylic acid groups (broad SMARTS) is 1. The minimum Gasteiger partial charge on any atom is -0.481 e. The molecule has 1 heterocycles. The van der Waals surface area contributed by atoms with Crippen molar-refractivity contribution in [3.05, 3.63) is 22.2 Å². The molecule has 0 radical (unpaired) electrons. The number of aromatic nitrogens is 1. The lowest BCUT2D eigenvalue weighted by molar-refractivity contribution is -0.384. The third kappa shape index (κ3) is 3.39. The quantitative estimate of drug-likeness (QED) is 0.630. The van der Waals surface area contributed by atoms with E-state index in [2.05, 4.69) is 4.98 Å². The van der Waals surface area contributed by atoms with Crippen molar-refractivity contribution in [1.29, 1.82) is 0 Å². The van der Waals surface area contributed by atoms with Gasteiger partial charge in [-0.2, -0.15) is 4.98 Å². The minimum atomic E-state index is -1.04. The van der Waals surface area contributed by atoms with Gasteiger partial charge in [0.05, 0.1) is 12.0 Å². The Morgan fingerprint density at radius 2 is 2.19 bits per heavy atom. The molecule has 0 amide bonds. The molecule has 0 unspecified atom stereocenters. The summed E-state index contributed by atoms with van der Waals surface area (Å²) in [6.45, 7) is -0.314. The van der Waals surface area contributed by atoms with Crippen LogP contribution in [0.4, 0.5) is 11.5 Å². The predicted molar refractivity (Wildman–Crippen MR) is 74.7 cm³/mol. The molecule has 0 bridgehead atoms. The second-order valence-electron chi connectivity index (χ2n) is 4.91. The molecule has 0 saturated heterocycles. The van der Waals surface area contributed by atoms with Crippen LogP contribution in [0, 0.1) is 10.1 Å². The highest BCUT2D eigenvalue weighted by atomic mass is 16.6. The van der Waals surface area contributed by atoms with Crippen LogP contribution in [0.2, 0.25) is 0 Å². The molecule has 1 N–H and O–H groups in total. The number of aliphatic carboxylic acids is 1. The summed E-state index contributed by atoms with van der Waals surface area (Å²) >= 11 is 0. The van der Waals surface area contributed by atoms with Gasteiger partial charge in [0.25, 0.3) is 0 Å². The molecule has 1 aromatic rings. The molecule has 1 aromatic heterocycles. The van der Waals surface area contributed by atoms with Gasteiger partial charge in [-0.05, 0) is 12.8 Å². The molecule has 1 fully saturated rings. The summed E-state index contributed by atoms with van der Waals surface area (Å²) in [5, 5.41) is 20.3. The fourth-order valence-electron chi connectivity index (χ4n) is 2.63. The van der Waals surface area contributed by atoms with Crippen molar-refractivity contribution < 1.29 is 19.6 Å². The summed E-state index contributed by atoms with van der Waals surface area (Å²) in [6, 6.07) is 2.65. The predicted octanol–water partition coefficient (Wildman–Crippen LogP) is 1.83. The van der Waals surface area contributed by atoms with Crippen molar-refractivity contribution in [2.75, 3.05) is 18.6 Å². The highest BCUT2D eigenvalue weighted by Gasteiger charge is 2.31. The van der Waals surface area contributed by atoms with Crippen molar-refractivity contribution in [1.82, 2.24) is 4.98 Å². The molecule has 8 heteroatoms. The van der Waals surface area contributed by atoms with Gasteiger partial charge in [0.2, 0.25) is 11.7 Å². The van der Waals surface area contributed by atoms with E-state index in [4.69, 9.17) is 9.84 Å². The van der Waals surface area contributed by atoms with Crippen LogP contribution in [0.25, 0.3) is 0 Å². The Morgan fingerprint density at radius 1 is 1.52 bits per heavy atom. The van der Waals surface area contributed by atoms with Gasteiger partial charge in [-0.1, -0.05) is 12.8 Å². The molecule has 0 aromatic carbocycles. The maximum atomic E-state index is 11.2. The van der Waals surface area contributed by atoms with Gasteiger partial charge in [0.15, 0.2) is 0 Å². The van der Waals surface area contributed by atoms with Crippen molar-refractivity contribution in [3.8, 4) is 5.88 Å². The van der Waals surface area contributed by atoms with E-state index in [1.807, 2.05) is 0 Å². The highest BCUT2D eigenvalue weighted by Crippen LogP contribution is 2.34. The van der Waals surface area contributed by atoms with Gasteiger partial charge < -0.3 is 14.7 Å². The van der Waals surface area contributed by atoms with Gasteiger partial charge in [-0.3, -0.25) is 14.9 Å². The monoisotopic (exact) mass is 295 g/mol. The van der Waals surface area contributed by atoms with E-state index in [1.54, 1.807) is 0 Å². The third-order valence-electron chi connectivity index (χ3n) is 3.58. The number of rotatable bonds is 6. The summed E-state index contributed by atoms with van der Waals surface area (Å²) in [5.41, 5.74) is -0.205. The van der Waals surface area contributed by atoms with Crippen LogP contribution < -0.4 is 9.64 Å². The van der Waals surface area contributed by atoms with Gasteiger partial charge >= 0.3 is 11.7 Å².